The van der Waals surface area contributed by atoms with E-state index < -0.39 is 0 Å². The Hall–Kier alpha value is -0.970. The van der Waals surface area contributed by atoms with Gasteiger partial charge in [0.05, 0.1) is 12.6 Å². The molecular weight excluding hydrogens is 166 g/mol. The van der Waals surface area contributed by atoms with Crippen LogP contribution < -0.4 is 5.32 Å². The molecule has 1 aromatic rings. The molecule has 72 valence electrons. The first-order valence-electron chi connectivity index (χ1n) is 4.89. The highest BCUT2D eigenvalue weighted by atomic mass is 15.6. The van der Waals surface area contributed by atoms with Crippen LogP contribution in [0.2, 0.25) is 0 Å². The molecule has 0 atom stereocenters. The highest BCUT2D eigenvalue weighted by molar-refractivity contribution is 4.86. The molecule has 0 aliphatic heterocycles. The number of nitrogens with one attached hydrogen (secondary N) is 1. The minimum absolute atomic E-state index is 0.559. The Kier molecular flexibility index (Phi) is 2.54. The minimum atomic E-state index is 0.559. The van der Waals surface area contributed by atoms with Gasteiger partial charge >= 0.3 is 0 Å². The maximum absolute atomic E-state index is 4.01. The van der Waals surface area contributed by atoms with Crippen molar-refractivity contribution < 1.29 is 0 Å². The Morgan fingerprint density at radius 3 is 3.00 bits per heavy atom. The maximum atomic E-state index is 4.01. The standard InChI is InChI=1S/C8H15N5/c1-2-9-6-8-10-11-12-13(8)7-4-3-5-7/h7,9H,2-6H2,1H3. The lowest BCUT2D eigenvalue weighted by Crippen LogP contribution is -2.23. The fourth-order valence-corrected chi connectivity index (χ4v) is 1.48. The average Bonchev–Trinajstić information content (AvgIpc) is 2.46. The van der Waals surface area contributed by atoms with Gasteiger partial charge in [-0.25, -0.2) is 4.68 Å². The number of nitrogens with zero attached hydrogens (tertiary/aromatic N) is 4. The minimum Gasteiger partial charge on any atom is -0.310 e. The number of tetrazole rings is 1. The average molecular weight is 181 g/mol. The first-order valence-corrected chi connectivity index (χ1v) is 4.89. The largest absolute Gasteiger partial charge is 0.310 e. The van der Waals surface area contributed by atoms with Crippen LogP contribution in [0.25, 0.3) is 0 Å². The molecule has 0 unspecified atom stereocenters. The smallest absolute Gasteiger partial charge is 0.165 e. The van der Waals surface area contributed by atoms with Gasteiger partial charge in [0.2, 0.25) is 0 Å². The van der Waals surface area contributed by atoms with Crippen molar-refractivity contribution in [2.45, 2.75) is 38.8 Å². The van der Waals surface area contributed by atoms with E-state index in [1.807, 2.05) is 4.68 Å². The monoisotopic (exact) mass is 181 g/mol. The van der Waals surface area contributed by atoms with Crippen molar-refractivity contribution >= 4 is 0 Å². The molecule has 1 aliphatic rings. The van der Waals surface area contributed by atoms with E-state index in [0.29, 0.717) is 6.04 Å². The van der Waals surface area contributed by atoms with Crippen molar-refractivity contribution in [1.82, 2.24) is 25.5 Å². The number of aromatic nitrogens is 4. The quantitative estimate of drug-likeness (QED) is 0.735. The first-order chi connectivity index (χ1) is 6.42. The fourth-order valence-electron chi connectivity index (χ4n) is 1.48. The van der Waals surface area contributed by atoms with Gasteiger partial charge in [-0.2, -0.15) is 0 Å². The predicted octanol–water partition coefficient (Wildman–Crippen LogP) is 0.508. The Bertz CT molecular complexity index is 265. The highest BCUT2D eigenvalue weighted by Gasteiger charge is 2.23. The van der Waals surface area contributed by atoms with Crippen molar-refractivity contribution in [2.24, 2.45) is 0 Å². The zero-order chi connectivity index (χ0) is 9.10. The summed E-state index contributed by atoms with van der Waals surface area (Å²) in [5, 5.41) is 14.9. The van der Waals surface area contributed by atoms with Crippen molar-refractivity contribution in [2.75, 3.05) is 6.54 Å². The van der Waals surface area contributed by atoms with E-state index >= 15 is 0 Å². The second kappa shape index (κ2) is 3.83. The topological polar surface area (TPSA) is 55.6 Å². The fraction of sp³-hybridized carbons (Fsp3) is 0.875. The molecule has 13 heavy (non-hydrogen) atoms. The lowest BCUT2D eigenvalue weighted by molar-refractivity contribution is 0.276. The summed E-state index contributed by atoms with van der Waals surface area (Å²) in [6.07, 6.45) is 3.76. The van der Waals surface area contributed by atoms with Crippen LogP contribution >= 0.6 is 0 Å². The molecule has 1 saturated carbocycles. The molecule has 0 bridgehead atoms. The summed E-state index contributed by atoms with van der Waals surface area (Å²) < 4.78 is 1.96. The van der Waals surface area contributed by atoms with Gasteiger partial charge in [-0.15, -0.1) is 5.10 Å². The first kappa shape index (κ1) is 8.62. The van der Waals surface area contributed by atoms with E-state index in [9.17, 15) is 0 Å². The van der Waals surface area contributed by atoms with Gasteiger partial charge < -0.3 is 5.32 Å². The van der Waals surface area contributed by atoms with Crippen LogP contribution in [0.3, 0.4) is 0 Å². The van der Waals surface area contributed by atoms with E-state index in [2.05, 4.69) is 27.8 Å². The van der Waals surface area contributed by atoms with Gasteiger partial charge in [-0.3, -0.25) is 0 Å². The predicted molar refractivity (Wildman–Crippen MR) is 48.1 cm³/mol. The summed E-state index contributed by atoms with van der Waals surface area (Å²) in [4.78, 5) is 0. The van der Waals surface area contributed by atoms with Crippen molar-refractivity contribution in [1.29, 1.82) is 0 Å². The molecule has 0 amide bonds. The summed E-state index contributed by atoms with van der Waals surface area (Å²) in [5.74, 6) is 0.964. The van der Waals surface area contributed by atoms with Crippen molar-refractivity contribution in [3.8, 4) is 0 Å². The number of rotatable bonds is 4. The zero-order valence-corrected chi connectivity index (χ0v) is 7.90. The van der Waals surface area contributed by atoms with Crippen LogP contribution in [0.4, 0.5) is 0 Å². The van der Waals surface area contributed by atoms with Gasteiger partial charge in [-0.1, -0.05) is 6.92 Å². The lowest BCUT2D eigenvalue weighted by Gasteiger charge is -2.25. The van der Waals surface area contributed by atoms with Crippen LogP contribution in [0.5, 0.6) is 0 Å². The van der Waals surface area contributed by atoms with E-state index in [0.717, 1.165) is 18.9 Å². The zero-order valence-electron chi connectivity index (χ0n) is 7.90. The van der Waals surface area contributed by atoms with Gasteiger partial charge in [0.1, 0.15) is 0 Å². The third-order valence-corrected chi connectivity index (χ3v) is 2.51. The summed E-state index contributed by atoms with van der Waals surface area (Å²) >= 11 is 0. The molecule has 0 spiro atoms. The Balaban J connectivity index is 2.02. The van der Waals surface area contributed by atoms with Crippen LogP contribution in [0, 0.1) is 0 Å². The molecule has 1 N–H and O–H groups in total. The van der Waals surface area contributed by atoms with Crippen molar-refractivity contribution in [3.63, 3.8) is 0 Å². The summed E-state index contributed by atoms with van der Waals surface area (Å²) in [6, 6.07) is 0.559. The molecule has 0 radical (unpaired) electrons. The van der Waals surface area contributed by atoms with Crippen LogP contribution in [0.1, 0.15) is 38.1 Å². The molecule has 1 fully saturated rings. The highest BCUT2D eigenvalue weighted by Crippen LogP contribution is 2.30. The molecular formula is C8H15N5. The van der Waals surface area contributed by atoms with E-state index in [4.69, 9.17) is 0 Å². The second-order valence-electron chi connectivity index (χ2n) is 3.40. The number of hydrogen-bond acceptors (Lipinski definition) is 4. The maximum Gasteiger partial charge on any atom is 0.165 e. The van der Waals surface area contributed by atoms with Crippen molar-refractivity contribution in [3.05, 3.63) is 5.82 Å². The lowest BCUT2D eigenvalue weighted by atomic mass is 9.93. The molecule has 5 nitrogen and oxygen atoms in total. The SMILES string of the molecule is CCNCc1nnnn1C1CCC1. The second-order valence-corrected chi connectivity index (χ2v) is 3.40. The normalized spacial score (nSPS) is 17.3. The van der Waals surface area contributed by atoms with Gasteiger partial charge in [0, 0.05) is 0 Å². The summed E-state index contributed by atoms with van der Waals surface area (Å²) in [6.45, 7) is 3.81. The molecule has 2 rings (SSSR count). The Morgan fingerprint density at radius 2 is 2.38 bits per heavy atom. The Morgan fingerprint density at radius 1 is 1.54 bits per heavy atom. The van der Waals surface area contributed by atoms with Crippen LogP contribution in [-0.4, -0.2) is 26.8 Å². The molecule has 1 aliphatic carbocycles. The molecule has 1 heterocycles. The van der Waals surface area contributed by atoms with E-state index in [1.54, 1.807) is 0 Å². The van der Waals surface area contributed by atoms with Gasteiger partial charge in [0.25, 0.3) is 0 Å². The van der Waals surface area contributed by atoms with Gasteiger partial charge in [-0.05, 0) is 36.2 Å². The molecule has 1 aromatic heterocycles. The summed E-state index contributed by atoms with van der Waals surface area (Å²) in [7, 11) is 0. The molecule has 0 aromatic carbocycles. The van der Waals surface area contributed by atoms with E-state index in [-0.39, 0.29) is 0 Å². The third kappa shape index (κ3) is 1.70. The Labute approximate surface area is 77.5 Å². The summed E-state index contributed by atoms with van der Waals surface area (Å²) in [5.41, 5.74) is 0. The van der Waals surface area contributed by atoms with Crippen LogP contribution in [-0.2, 0) is 6.54 Å². The van der Waals surface area contributed by atoms with E-state index in [1.165, 1.54) is 19.3 Å². The van der Waals surface area contributed by atoms with Gasteiger partial charge in [0.15, 0.2) is 5.82 Å². The third-order valence-electron chi connectivity index (χ3n) is 2.51. The number of hydrogen-bond donors (Lipinski definition) is 1. The van der Waals surface area contributed by atoms with Crippen LogP contribution in [0.15, 0.2) is 0 Å². The molecule has 5 heteroatoms. The molecule has 0 saturated heterocycles.